The second-order valence-electron chi connectivity index (χ2n) is 22.5. The van der Waals surface area contributed by atoms with Crippen LogP contribution in [0.5, 0.6) is 11.5 Å². The van der Waals surface area contributed by atoms with Crippen molar-refractivity contribution in [2.24, 2.45) is 5.41 Å². The van der Waals surface area contributed by atoms with Gasteiger partial charge < -0.3 is 24.7 Å². The summed E-state index contributed by atoms with van der Waals surface area (Å²) in [6.07, 6.45) is 8.93. The molecule has 0 spiro atoms. The number of anilines is 2. The normalized spacial score (nSPS) is 17.0. The molecule has 2 saturated heterocycles. The number of halogens is 1. The number of allylic oxidation sites excluding steroid dienone is 1. The number of carbonyl (C=O) groups is 5. The van der Waals surface area contributed by atoms with Crippen molar-refractivity contribution in [2.75, 3.05) is 56.2 Å². The number of hydrogen-bond acceptors (Lipinski definition) is 17. The summed E-state index contributed by atoms with van der Waals surface area (Å²) < 4.78 is 43.6. The number of aromatic amines is 1. The number of hydrogen-bond donors (Lipinski definition) is 4. The summed E-state index contributed by atoms with van der Waals surface area (Å²) in [5, 5.41) is 27.3. The number of nitrogens with one attached hydrogen (secondary N) is 4. The van der Waals surface area contributed by atoms with Gasteiger partial charge in [-0.2, -0.15) is 0 Å². The number of benzene rings is 4. The van der Waals surface area contributed by atoms with E-state index < -0.39 is 61.1 Å². The van der Waals surface area contributed by atoms with Crippen molar-refractivity contribution in [1.29, 1.82) is 0 Å². The largest absolute Gasteiger partial charge is 0.455 e. The van der Waals surface area contributed by atoms with Gasteiger partial charge in [0.2, 0.25) is 11.8 Å². The van der Waals surface area contributed by atoms with E-state index >= 15 is 0 Å². The summed E-state index contributed by atoms with van der Waals surface area (Å²) in [5.74, 6) is 2.89. The van der Waals surface area contributed by atoms with Crippen LogP contribution in [-0.4, -0.2) is 130 Å². The second kappa shape index (κ2) is 25.4. The quantitative estimate of drug-likeness (QED) is 0.0184. The molecular weight excluding hydrogens is 1160 g/mol. The van der Waals surface area contributed by atoms with Gasteiger partial charge in [-0.1, -0.05) is 66.3 Å². The third kappa shape index (κ3) is 13.6. The highest BCUT2D eigenvalue weighted by Crippen LogP contribution is 2.44. The van der Waals surface area contributed by atoms with Gasteiger partial charge in [0.1, 0.15) is 34.6 Å². The molecule has 5 amide bonds. The van der Waals surface area contributed by atoms with Crippen LogP contribution in [0, 0.1) is 27.4 Å². The summed E-state index contributed by atoms with van der Waals surface area (Å²) >= 11 is 6.26. The van der Waals surface area contributed by atoms with Gasteiger partial charge in [0, 0.05) is 98.7 Å². The summed E-state index contributed by atoms with van der Waals surface area (Å²) in [6.45, 7) is 9.47. The molecule has 0 bridgehead atoms. The summed E-state index contributed by atoms with van der Waals surface area (Å²) in [5.41, 5.74) is 6.01. The molecule has 448 valence electrons. The predicted molar refractivity (Wildman–Crippen MR) is 322 cm³/mol. The number of nitro groups is 1. The Hall–Kier alpha value is -9.28. The smallest absolute Gasteiger partial charge is 0.293 e. The van der Waals surface area contributed by atoms with E-state index in [9.17, 15) is 42.5 Å². The van der Waals surface area contributed by atoms with E-state index in [1.807, 2.05) is 18.2 Å². The zero-order valence-electron chi connectivity index (χ0n) is 47.6. The Morgan fingerprint density at radius 3 is 2.56 bits per heavy atom. The molecule has 25 heteroatoms. The number of pyridine rings is 1. The highest BCUT2D eigenvalue weighted by molar-refractivity contribution is 7.90. The summed E-state index contributed by atoms with van der Waals surface area (Å²) in [4.78, 5) is 88.9. The molecule has 6 heterocycles. The molecule has 3 aromatic heterocycles. The van der Waals surface area contributed by atoms with Gasteiger partial charge in [-0.15, -0.1) is 5.10 Å². The number of nitro benzene ring substituents is 1. The van der Waals surface area contributed by atoms with E-state index in [1.165, 1.54) is 41.1 Å². The van der Waals surface area contributed by atoms with Gasteiger partial charge in [0.05, 0.1) is 52.1 Å². The van der Waals surface area contributed by atoms with Crippen LogP contribution in [0.25, 0.3) is 16.6 Å². The Balaban J connectivity index is 0.684. The molecule has 1 unspecified atom stereocenters. The molecule has 4 aromatic carbocycles. The Bertz CT molecular complexity index is 4090. The predicted octanol–water partition coefficient (Wildman–Crippen LogP) is 8.27. The van der Waals surface area contributed by atoms with E-state index in [0.29, 0.717) is 66.8 Å². The lowest BCUT2D eigenvalue weighted by molar-refractivity contribution is -0.384. The van der Waals surface area contributed by atoms with Crippen molar-refractivity contribution < 1.29 is 46.8 Å². The van der Waals surface area contributed by atoms with Gasteiger partial charge in [-0.05, 0) is 109 Å². The maximum atomic E-state index is 14.1. The number of H-pyrrole nitrogens is 1. The number of aromatic nitrogens is 5. The van der Waals surface area contributed by atoms with Crippen LogP contribution in [0.15, 0.2) is 120 Å². The molecule has 0 radical (unpaired) electrons. The molecule has 2 fully saturated rings. The van der Waals surface area contributed by atoms with Crippen molar-refractivity contribution in [3.63, 3.8) is 0 Å². The highest BCUT2D eigenvalue weighted by Gasteiger charge is 2.45. The highest BCUT2D eigenvalue weighted by atomic mass is 35.5. The first kappa shape index (κ1) is 59.5. The standard InChI is InChI=1S/C62H61ClN12O11S/c1-62(2)22-20-42(50(34-62)39-10-12-43(63)13-11-39)37-71-25-27-72(28-26-71)45-14-16-48(54(32-45)86-46-31-41-21-23-64-57(41)66-36-46)58(77)69-87(83,84)47-15-17-51(53(33-47)75(81)82)65-35-44-38-73(70-68-44)24-6-30-85-29-4-3-7-40-8-5-9-49-56(40)61(80)74(60(49)79)52-18-19-55(76)67-59(52)78/h5,8-17,21,23,31-33,36,38,52,65H,4,6,18-20,22,24-30,34-35,37H2,1-2H3,(H,64,66)(H,69,77)(H,67,76,78). The zero-order valence-corrected chi connectivity index (χ0v) is 49.2. The number of carbonyl (C=O) groups excluding carboxylic acids is 5. The van der Waals surface area contributed by atoms with Crippen molar-refractivity contribution in [3.05, 3.63) is 164 Å². The molecule has 4 N–H and O–H groups in total. The fourth-order valence-electron chi connectivity index (χ4n) is 11.2. The molecule has 87 heavy (non-hydrogen) atoms. The van der Waals surface area contributed by atoms with Crippen molar-refractivity contribution in [2.45, 2.75) is 82.8 Å². The second-order valence-corrected chi connectivity index (χ2v) is 24.6. The third-order valence-corrected chi connectivity index (χ3v) is 17.4. The Morgan fingerprint density at radius 2 is 1.77 bits per heavy atom. The van der Waals surface area contributed by atoms with Crippen LogP contribution >= 0.6 is 11.6 Å². The lowest BCUT2D eigenvalue weighted by Gasteiger charge is -2.39. The van der Waals surface area contributed by atoms with E-state index in [2.05, 4.69) is 83.3 Å². The van der Waals surface area contributed by atoms with Crippen molar-refractivity contribution >= 4 is 84.8 Å². The minimum atomic E-state index is -4.69. The minimum absolute atomic E-state index is 0.000163. The Kier molecular flexibility index (Phi) is 17.3. The first-order chi connectivity index (χ1) is 41.9. The van der Waals surface area contributed by atoms with Crippen molar-refractivity contribution in [3.8, 4) is 23.3 Å². The van der Waals surface area contributed by atoms with Crippen LogP contribution in [0.4, 0.5) is 17.1 Å². The molecule has 3 aliphatic heterocycles. The van der Waals surface area contributed by atoms with Crippen LogP contribution in [0.3, 0.4) is 0 Å². The van der Waals surface area contributed by atoms with Gasteiger partial charge in [0.25, 0.3) is 33.4 Å². The monoisotopic (exact) mass is 1220 g/mol. The molecule has 23 nitrogen and oxygen atoms in total. The fourth-order valence-corrected chi connectivity index (χ4v) is 12.4. The molecule has 1 atom stereocenters. The number of rotatable bonds is 20. The average Bonchev–Trinajstić information content (AvgIpc) is 1.98. The van der Waals surface area contributed by atoms with E-state index in [4.69, 9.17) is 21.1 Å². The molecule has 4 aliphatic rings. The molecule has 1 aliphatic carbocycles. The van der Waals surface area contributed by atoms with Gasteiger partial charge >= 0.3 is 0 Å². The molecular formula is C62H61ClN12O11S. The number of piperazine rings is 1. The van der Waals surface area contributed by atoms with Gasteiger partial charge in [-0.3, -0.25) is 53.9 Å². The lowest BCUT2D eigenvalue weighted by Crippen LogP contribution is -2.54. The maximum Gasteiger partial charge on any atom is 0.293 e. The number of nitrogens with zero attached hydrogens (tertiary/aromatic N) is 8. The minimum Gasteiger partial charge on any atom is -0.455 e. The molecule has 0 saturated carbocycles. The van der Waals surface area contributed by atoms with Crippen molar-refractivity contribution in [1.82, 2.24) is 44.8 Å². The number of sulfonamides is 1. The topological polar surface area (TPSA) is 286 Å². The number of ether oxygens (including phenoxy) is 2. The van der Waals surface area contributed by atoms with E-state index in [1.54, 1.807) is 47.4 Å². The third-order valence-electron chi connectivity index (χ3n) is 15.8. The lowest BCUT2D eigenvalue weighted by atomic mass is 9.72. The average molecular weight is 1220 g/mol. The first-order valence-electron chi connectivity index (χ1n) is 28.5. The molecule has 7 aromatic rings. The SMILES string of the molecule is CC1(C)CCC(CN2CCN(c3ccc(C(=O)NS(=O)(=O)c4ccc(NCc5cn(CCCOCCC#Cc6cccc7c6C(=O)N(C6CCC(=O)NC6=O)C7=O)nn5)c([N+](=O)[O-])c4)c(Oc4cnc5[nH]ccc5c4)c3)CC2)=C(c2ccc(Cl)cc2)C1. The fraction of sp³-hybridized carbons (Fsp3) is 0.323. The van der Waals surface area contributed by atoms with Crippen LogP contribution < -0.4 is 25.0 Å². The number of amides is 5. The Labute approximate surface area is 505 Å². The number of aryl methyl sites for hydroxylation is 1. The van der Waals surface area contributed by atoms with Crippen LogP contribution in [-0.2, 0) is 37.4 Å². The molecule has 11 rings (SSSR count). The summed E-state index contributed by atoms with van der Waals surface area (Å²) in [7, 11) is -4.69. The number of fused-ring (bicyclic) bond motifs is 2. The van der Waals surface area contributed by atoms with Gasteiger partial charge in [-0.25, -0.2) is 18.1 Å². The maximum absolute atomic E-state index is 14.1. The Morgan fingerprint density at radius 1 is 0.954 bits per heavy atom. The van der Waals surface area contributed by atoms with Crippen LogP contribution in [0.1, 0.15) is 107 Å². The zero-order chi connectivity index (χ0) is 61.0. The number of piperidine rings is 1. The van der Waals surface area contributed by atoms with Gasteiger partial charge in [0.15, 0.2) is 0 Å². The number of imide groups is 2. The van der Waals surface area contributed by atoms with Crippen LogP contribution in [0.2, 0.25) is 5.02 Å². The van der Waals surface area contributed by atoms with E-state index in [0.717, 1.165) is 67.0 Å². The van der Waals surface area contributed by atoms with E-state index in [-0.39, 0.29) is 59.5 Å². The first-order valence-corrected chi connectivity index (χ1v) is 30.3. The summed E-state index contributed by atoms with van der Waals surface area (Å²) in [6, 6.07) is 23.6.